The van der Waals surface area contributed by atoms with Crippen molar-refractivity contribution in [2.75, 3.05) is 25.0 Å². The fourth-order valence-corrected chi connectivity index (χ4v) is 3.10. The average Bonchev–Trinajstić information content (AvgIpc) is 2.49. The molecule has 5 nitrogen and oxygen atoms in total. The molecule has 1 saturated heterocycles. The maximum atomic E-state index is 10.7. The van der Waals surface area contributed by atoms with Gasteiger partial charge in [-0.05, 0) is 51.4 Å². The summed E-state index contributed by atoms with van der Waals surface area (Å²) in [5.74, 6) is 0.610. The van der Waals surface area contributed by atoms with Crippen molar-refractivity contribution in [1.82, 2.24) is 4.90 Å². The highest BCUT2D eigenvalue weighted by molar-refractivity contribution is 6.33. The number of benzene rings is 1. The van der Waals surface area contributed by atoms with E-state index in [9.17, 15) is 10.1 Å². The molecule has 1 unspecified atom stereocenters. The van der Waals surface area contributed by atoms with Gasteiger partial charge < -0.3 is 10.2 Å². The topological polar surface area (TPSA) is 58.4 Å². The number of hydrogen-bond donors (Lipinski definition) is 1. The van der Waals surface area contributed by atoms with Crippen LogP contribution < -0.4 is 5.32 Å². The zero-order valence-electron chi connectivity index (χ0n) is 12.5. The molecule has 1 aromatic carbocycles. The van der Waals surface area contributed by atoms with E-state index in [0.717, 1.165) is 25.3 Å². The summed E-state index contributed by atoms with van der Waals surface area (Å²) in [5, 5.41) is 14.5. The number of nitro groups is 1. The zero-order chi connectivity index (χ0) is 15.4. The van der Waals surface area contributed by atoms with Crippen molar-refractivity contribution in [2.45, 2.75) is 32.7 Å². The van der Waals surface area contributed by atoms with E-state index in [2.05, 4.69) is 24.1 Å². The first kappa shape index (κ1) is 16.0. The van der Waals surface area contributed by atoms with E-state index in [1.807, 2.05) is 0 Å². The van der Waals surface area contributed by atoms with Gasteiger partial charge in [0.2, 0.25) is 0 Å². The maximum Gasteiger partial charge on any atom is 0.271 e. The number of non-ortho nitro benzene ring substituents is 1. The standard InChI is InChI=1S/C15H22ClN3O2/c1-3-18-8-6-12(7-9-18)11(2)17-15-5-4-13(19(20)21)10-14(15)16/h4-5,10-12,17H,3,6-9H2,1-2H3. The minimum absolute atomic E-state index is 0.0226. The van der Waals surface area contributed by atoms with Gasteiger partial charge in [-0.15, -0.1) is 0 Å². The Morgan fingerprint density at radius 2 is 2.14 bits per heavy atom. The van der Waals surface area contributed by atoms with Crippen molar-refractivity contribution < 1.29 is 4.92 Å². The molecule has 0 radical (unpaired) electrons. The molecule has 2 rings (SSSR count). The van der Waals surface area contributed by atoms with Crippen molar-refractivity contribution in [3.8, 4) is 0 Å². The first-order valence-electron chi connectivity index (χ1n) is 7.44. The van der Waals surface area contributed by atoms with Crippen molar-refractivity contribution >= 4 is 23.0 Å². The van der Waals surface area contributed by atoms with Gasteiger partial charge in [0, 0.05) is 18.2 Å². The quantitative estimate of drug-likeness (QED) is 0.664. The van der Waals surface area contributed by atoms with E-state index in [0.29, 0.717) is 17.0 Å². The SMILES string of the molecule is CCN1CCC(C(C)Nc2ccc([N+](=O)[O-])cc2Cl)CC1. The van der Waals surface area contributed by atoms with E-state index >= 15 is 0 Å². The van der Waals surface area contributed by atoms with Gasteiger partial charge >= 0.3 is 0 Å². The van der Waals surface area contributed by atoms with Crippen LogP contribution in [0.2, 0.25) is 5.02 Å². The van der Waals surface area contributed by atoms with E-state index in [4.69, 9.17) is 11.6 Å². The third kappa shape index (κ3) is 4.08. The average molecular weight is 312 g/mol. The van der Waals surface area contributed by atoms with Crippen LogP contribution in [-0.2, 0) is 0 Å². The first-order chi connectivity index (χ1) is 10.0. The normalized spacial score (nSPS) is 18.4. The Labute approximate surface area is 130 Å². The largest absolute Gasteiger partial charge is 0.381 e. The Balaban J connectivity index is 1.96. The molecule has 0 bridgehead atoms. The summed E-state index contributed by atoms with van der Waals surface area (Å²) in [6.45, 7) is 7.74. The minimum Gasteiger partial charge on any atom is -0.381 e. The van der Waals surface area contributed by atoms with Crippen LogP contribution in [0.4, 0.5) is 11.4 Å². The molecular formula is C15H22ClN3O2. The highest BCUT2D eigenvalue weighted by Gasteiger charge is 2.23. The Hall–Kier alpha value is -1.33. The second kappa shape index (κ2) is 7.09. The highest BCUT2D eigenvalue weighted by Crippen LogP contribution is 2.29. The number of halogens is 1. The van der Waals surface area contributed by atoms with E-state index in [1.54, 1.807) is 6.07 Å². The molecule has 1 aliphatic heterocycles. The van der Waals surface area contributed by atoms with Gasteiger partial charge in [0.05, 0.1) is 15.6 Å². The second-order valence-electron chi connectivity index (χ2n) is 5.63. The number of nitrogens with one attached hydrogen (secondary N) is 1. The molecule has 1 fully saturated rings. The van der Waals surface area contributed by atoms with Gasteiger partial charge in [0.15, 0.2) is 0 Å². The lowest BCUT2D eigenvalue weighted by atomic mass is 9.90. The lowest BCUT2D eigenvalue weighted by Crippen LogP contribution is -2.39. The van der Waals surface area contributed by atoms with Crippen molar-refractivity contribution in [1.29, 1.82) is 0 Å². The minimum atomic E-state index is -0.431. The Morgan fingerprint density at radius 1 is 1.48 bits per heavy atom. The molecule has 1 atom stereocenters. The number of nitrogens with zero attached hydrogens (tertiary/aromatic N) is 2. The number of rotatable bonds is 5. The lowest BCUT2D eigenvalue weighted by Gasteiger charge is -2.35. The third-order valence-corrected chi connectivity index (χ3v) is 4.65. The second-order valence-corrected chi connectivity index (χ2v) is 6.03. The summed E-state index contributed by atoms with van der Waals surface area (Å²) in [7, 11) is 0. The van der Waals surface area contributed by atoms with Gasteiger partial charge in [-0.25, -0.2) is 0 Å². The molecule has 1 aromatic rings. The number of likely N-dealkylation sites (tertiary alicyclic amines) is 1. The van der Waals surface area contributed by atoms with Gasteiger partial charge in [0.25, 0.3) is 5.69 Å². The summed E-state index contributed by atoms with van der Waals surface area (Å²) in [4.78, 5) is 12.7. The summed E-state index contributed by atoms with van der Waals surface area (Å²) >= 11 is 6.13. The first-order valence-corrected chi connectivity index (χ1v) is 7.82. The molecule has 1 aliphatic rings. The van der Waals surface area contributed by atoms with Crippen LogP contribution in [0, 0.1) is 16.0 Å². The summed E-state index contributed by atoms with van der Waals surface area (Å²) < 4.78 is 0. The van der Waals surface area contributed by atoms with Crippen LogP contribution in [0.25, 0.3) is 0 Å². The van der Waals surface area contributed by atoms with Gasteiger partial charge in [-0.3, -0.25) is 10.1 Å². The molecule has 116 valence electrons. The predicted octanol–water partition coefficient (Wildman–Crippen LogP) is 3.78. The molecule has 6 heteroatoms. The van der Waals surface area contributed by atoms with Gasteiger partial charge in [-0.1, -0.05) is 18.5 Å². The lowest BCUT2D eigenvalue weighted by molar-refractivity contribution is -0.384. The fraction of sp³-hybridized carbons (Fsp3) is 0.600. The molecule has 0 aromatic heterocycles. The van der Waals surface area contributed by atoms with Gasteiger partial charge in [0.1, 0.15) is 0 Å². The fourth-order valence-electron chi connectivity index (χ4n) is 2.87. The maximum absolute atomic E-state index is 10.7. The Bertz CT molecular complexity index is 502. The van der Waals surface area contributed by atoms with E-state index in [1.165, 1.54) is 25.0 Å². The smallest absolute Gasteiger partial charge is 0.271 e. The summed E-state index contributed by atoms with van der Waals surface area (Å²) in [5.41, 5.74) is 0.794. The number of nitro benzene ring substituents is 1. The van der Waals surface area contributed by atoms with Crippen LogP contribution >= 0.6 is 11.6 Å². The number of piperidine rings is 1. The van der Waals surface area contributed by atoms with E-state index in [-0.39, 0.29) is 5.69 Å². The summed E-state index contributed by atoms with van der Waals surface area (Å²) in [6.07, 6.45) is 2.35. The highest BCUT2D eigenvalue weighted by atomic mass is 35.5. The van der Waals surface area contributed by atoms with Crippen LogP contribution in [0.3, 0.4) is 0 Å². The molecule has 0 aliphatic carbocycles. The zero-order valence-corrected chi connectivity index (χ0v) is 13.3. The van der Waals surface area contributed by atoms with Crippen molar-refractivity contribution in [3.63, 3.8) is 0 Å². The number of anilines is 1. The monoisotopic (exact) mass is 311 g/mol. The van der Waals surface area contributed by atoms with Crippen molar-refractivity contribution in [2.24, 2.45) is 5.92 Å². The number of hydrogen-bond acceptors (Lipinski definition) is 4. The Kier molecular flexibility index (Phi) is 5.42. The van der Waals surface area contributed by atoms with Crippen LogP contribution in [0.15, 0.2) is 18.2 Å². The van der Waals surface area contributed by atoms with Crippen LogP contribution in [0.1, 0.15) is 26.7 Å². The molecule has 0 saturated carbocycles. The molecule has 1 N–H and O–H groups in total. The molecule has 21 heavy (non-hydrogen) atoms. The molecule has 1 heterocycles. The predicted molar refractivity (Wildman–Crippen MR) is 86.0 cm³/mol. The van der Waals surface area contributed by atoms with Gasteiger partial charge in [-0.2, -0.15) is 0 Å². The van der Waals surface area contributed by atoms with E-state index < -0.39 is 4.92 Å². The van der Waals surface area contributed by atoms with Crippen LogP contribution in [-0.4, -0.2) is 35.5 Å². The molecule has 0 amide bonds. The Morgan fingerprint density at radius 3 is 2.67 bits per heavy atom. The molecular weight excluding hydrogens is 290 g/mol. The van der Waals surface area contributed by atoms with Crippen LogP contribution in [0.5, 0.6) is 0 Å². The third-order valence-electron chi connectivity index (χ3n) is 4.33. The van der Waals surface area contributed by atoms with Crippen molar-refractivity contribution in [3.05, 3.63) is 33.3 Å². The summed E-state index contributed by atoms with van der Waals surface area (Å²) in [6, 6.07) is 4.89. The molecule has 0 spiro atoms.